The highest BCUT2D eigenvalue weighted by atomic mass is 16.5. The molecule has 0 saturated carbocycles. The van der Waals surface area contributed by atoms with Crippen LogP contribution in [0.3, 0.4) is 0 Å². The SMILES string of the molecule is C=[N+]([O-])C1C=CC=CC1(C)c1cc(C(C)(C)C)c(O)c(C(C)(C)C)c1. The van der Waals surface area contributed by atoms with Gasteiger partial charge in [0.25, 0.3) is 0 Å². The van der Waals surface area contributed by atoms with E-state index in [2.05, 4.69) is 61.3 Å². The van der Waals surface area contributed by atoms with Crippen LogP contribution < -0.4 is 0 Å². The Morgan fingerprint density at radius 1 is 1.04 bits per heavy atom. The maximum Gasteiger partial charge on any atom is 0.194 e. The molecule has 3 heteroatoms. The van der Waals surface area contributed by atoms with E-state index in [0.717, 1.165) is 21.4 Å². The third-order valence-corrected chi connectivity index (χ3v) is 5.12. The lowest BCUT2D eigenvalue weighted by molar-refractivity contribution is -0.489. The predicted molar refractivity (Wildman–Crippen MR) is 106 cm³/mol. The number of nitrogens with zero attached hydrogens (tertiary/aromatic N) is 1. The van der Waals surface area contributed by atoms with Crippen molar-refractivity contribution in [2.24, 2.45) is 0 Å². The third kappa shape index (κ3) is 3.51. The van der Waals surface area contributed by atoms with E-state index in [9.17, 15) is 10.3 Å². The first-order valence-corrected chi connectivity index (χ1v) is 8.80. The normalized spacial score (nSPS) is 23.7. The first-order chi connectivity index (χ1) is 11.3. The molecule has 2 atom stereocenters. The molecular formula is C22H31NO2. The average Bonchev–Trinajstić information content (AvgIpc) is 2.44. The topological polar surface area (TPSA) is 46.3 Å². The predicted octanol–water partition coefficient (Wildman–Crippen LogP) is 4.95. The Hall–Kier alpha value is -2.03. The number of hydrogen-bond donors (Lipinski definition) is 1. The Kier molecular flexibility index (Phi) is 4.67. The highest BCUT2D eigenvalue weighted by Gasteiger charge is 2.41. The second kappa shape index (κ2) is 6.05. The summed E-state index contributed by atoms with van der Waals surface area (Å²) in [4.78, 5) is 0. The number of phenols is 1. The molecule has 1 aliphatic carbocycles. The molecule has 0 radical (unpaired) electrons. The van der Waals surface area contributed by atoms with Gasteiger partial charge in [0, 0.05) is 0 Å². The Balaban J connectivity index is 2.80. The van der Waals surface area contributed by atoms with Gasteiger partial charge in [0.05, 0.1) is 5.41 Å². The van der Waals surface area contributed by atoms with Gasteiger partial charge in [-0.3, -0.25) is 0 Å². The van der Waals surface area contributed by atoms with E-state index in [4.69, 9.17) is 0 Å². The molecule has 2 unspecified atom stereocenters. The fraction of sp³-hybridized carbons (Fsp3) is 0.500. The van der Waals surface area contributed by atoms with Gasteiger partial charge >= 0.3 is 0 Å². The molecule has 1 aromatic rings. The van der Waals surface area contributed by atoms with Crippen LogP contribution in [0.1, 0.15) is 65.2 Å². The summed E-state index contributed by atoms with van der Waals surface area (Å²) in [5.41, 5.74) is 1.91. The quantitative estimate of drug-likeness (QED) is 0.358. The van der Waals surface area contributed by atoms with Crippen LogP contribution in [-0.2, 0) is 16.2 Å². The summed E-state index contributed by atoms with van der Waals surface area (Å²) in [6, 6.07) is 3.71. The van der Waals surface area contributed by atoms with Crippen LogP contribution in [0.4, 0.5) is 0 Å². The molecule has 25 heavy (non-hydrogen) atoms. The second-order valence-electron chi connectivity index (χ2n) is 9.31. The number of phenolic OH excluding ortho intramolecular Hbond substituents is 1. The van der Waals surface area contributed by atoms with Crippen molar-refractivity contribution < 1.29 is 9.85 Å². The molecule has 1 aliphatic rings. The molecule has 0 amide bonds. The van der Waals surface area contributed by atoms with Gasteiger partial charge in [0.15, 0.2) is 6.04 Å². The molecule has 0 spiro atoms. The Morgan fingerprint density at radius 2 is 1.52 bits per heavy atom. The molecule has 0 fully saturated rings. The van der Waals surface area contributed by atoms with Crippen molar-refractivity contribution in [3.63, 3.8) is 0 Å². The first kappa shape index (κ1) is 19.3. The van der Waals surface area contributed by atoms with Crippen molar-refractivity contribution in [3.05, 3.63) is 58.3 Å². The van der Waals surface area contributed by atoms with Crippen molar-refractivity contribution >= 4 is 6.72 Å². The number of aromatic hydroxyl groups is 1. The fourth-order valence-electron chi connectivity index (χ4n) is 3.47. The number of hydrogen-bond acceptors (Lipinski definition) is 2. The van der Waals surface area contributed by atoms with Gasteiger partial charge in [0.2, 0.25) is 0 Å². The number of hydroxylamine groups is 1. The smallest absolute Gasteiger partial charge is 0.194 e. The molecule has 1 aromatic carbocycles. The first-order valence-electron chi connectivity index (χ1n) is 8.80. The monoisotopic (exact) mass is 341 g/mol. The van der Waals surface area contributed by atoms with Gasteiger partial charge in [-0.15, -0.1) is 0 Å². The van der Waals surface area contributed by atoms with Crippen molar-refractivity contribution in [1.82, 2.24) is 0 Å². The fourth-order valence-corrected chi connectivity index (χ4v) is 3.47. The van der Waals surface area contributed by atoms with Crippen molar-refractivity contribution in [3.8, 4) is 5.75 Å². The number of allylic oxidation sites excluding steroid dienone is 2. The minimum Gasteiger partial charge on any atom is -0.624 e. The highest BCUT2D eigenvalue weighted by Crippen LogP contribution is 2.44. The van der Waals surface area contributed by atoms with Crippen LogP contribution >= 0.6 is 0 Å². The van der Waals surface area contributed by atoms with Gasteiger partial charge in [-0.2, -0.15) is 0 Å². The van der Waals surface area contributed by atoms with Crippen molar-refractivity contribution in [2.45, 2.75) is 70.8 Å². The molecule has 0 bridgehead atoms. The van der Waals surface area contributed by atoms with Gasteiger partial charge in [-0.05, 0) is 40.5 Å². The molecule has 0 saturated heterocycles. The Labute approximate surface area is 152 Å². The zero-order valence-electron chi connectivity index (χ0n) is 16.6. The molecule has 2 rings (SSSR count). The molecule has 0 aromatic heterocycles. The lowest BCUT2D eigenvalue weighted by Gasteiger charge is -2.36. The summed E-state index contributed by atoms with van der Waals surface area (Å²) in [6.07, 6.45) is 7.80. The zero-order valence-corrected chi connectivity index (χ0v) is 16.6. The number of benzene rings is 1. The zero-order chi connectivity index (χ0) is 19.2. The van der Waals surface area contributed by atoms with Crippen LogP contribution in [-0.4, -0.2) is 22.6 Å². The maximum absolute atomic E-state index is 12.1. The average molecular weight is 341 g/mol. The van der Waals surface area contributed by atoms with E-state index in [1.165, 1.54) is 0 Å². The maximum atomic E-state index is 12.1. The van der Waals surface area contributed by atoms with Crippen LogP contribution in [0.2, 0.25) is 0 Å². The third-order valence-electron chi connectivity index (χ3n) is 5.12. The van der Waals surface area contributed by atoms with Crippen LogP contribution in [0.5, 0.6) is 5.75 Å². The molecule has 1 N–H and O–H groups in total. The van der Waals surface area contributed by atoms with Gasteiger partial charge in [0.1, 0.15) is 12.5 Å². The van der Waals surface area contributed by atoms with E-state index in [1.807, 2.05) is 30.4 Å². The van der Waals surface area contributed by atoms with Crippen LogP contribution in [0.15, 0.2) is 36.4 Å². The summed E-state index contributed by atoms with van der Waals surface area (Å²) < 4.78 is 0.764. The lowest BCUT2D eigenvalue weighted by Crippen LogP contribution is -2.41. The van der Waals surface area contributed by atoms with Gasteiger partial charge < -0.3 is 10.3 Å². The van der Waals surface area contributed by atoms with Crippen LogP contribution in [0.25, 0.3) is 0 Å². The molecular weight excluding hydrogens is 310 g/mol. The highest BCUT2D eigenvalue weighted by molar-refractivity contribution is 5.53. The summed E-state index contributed by atoms with van der Waals surface area (Å²) in [7, 11) is 0. The van der Waals surface area contributed by atoms with E-state index in [1.54, 1.807) is 0 Å². The Bertz CT molecular complexity index is 709. The summed E-state index contributed by atoms with van der Waals surface area (Å²) >= 11 is 0. The number of rotatable bonds is 2. The minimum atomic E-state index is -0.508. The van der Waals surface area contributed by atoms with Gasteiger partial charge in [-0.1, -0.05) is 71.9 Å². The van der Waals surface area contributed by atoms with E-state index < -0.39 is 5.41 Å². The summed E-state index contributed by atoms with van der Waals surface area (Å²) in [5, 5.41) is 23.0. The van der Waals surface area contributed by atoms with E-state index in [-0.39, 0.29) is 16.9 Å². The largest absolute Gasteiger partial charge is 0.624 e. The van der Waals surface area contributed by atoms with Crippen LogP contribution in [0, 0.1) is 5.21 Å². The van der Waals surface area contributed by atoms with Gasteiger partial charge in [-0.25, -0.2) is 4.74 Å². The molecule has 0 aliphatic heterocycles. The minimum absolute atomic E-state index is 0.207. The molecule has 0 heterocycles. The summed E-state index contributed by atoms with van der Waals surface area (Å²) in [6.45, 7) is 18.2. The van der Waals surface area contributed by atoms with Crippen molar-refractivity contribution in [2.75, 3.05) is 0 Å². The molecule has 136 valence electrons. The van der Waals surface area contributed by atoms with E-state index >= 15 is 0 Å². The summed E-state index contributed by atoms with van der Waals surface area (Å²) in [5.74, 6) is 0.354. The molecule has 3 nitrogen and oxygen atoms in total. The standard InChI is InChI=1S/C22H31NO2/c1-20(2,3)16-13-15(14-17(19(16)24)21(4,5)6)22(7)12-10-9-11-18(22)23(8)25/h9-14,18,24H,8H2,1-7H3. The Morgan fingerprint density at radius 3 is 1.92 bits per heavy atom. The second-order valence-corrected chi connectivity index (χ2v) is 9.31. The van der Waals surface area contributed by atoms with E-state index in [0.29, 0.717) is 5.75 Å². The van der Waals surface area contributed by atoms with Crippen molar-refractivity contribution in [1.29, 1.82) is 0 Å². The lowest BCUT2D eigenvalue weighted by atomic mass is 9.69.